The van der Waals surface area contributed by atoms with Gasteiger partial charge in [-0.15, -0.1) is 5.10 Å². The van der Waals surface area contributed by atoms with Crippen molar-refractivity contribution in [1.29, 1.82) is 0 Å². The monoisotopic (exact) mass is 396 g/mol. The average molecular weight is 396 g/mol. The number of carbonyl (C=O) groups is 1. The Balaban J connectivity index is 1.18. The van der Waals surface area contributed by atoms with Crippen molar-refractivity contribution >= 4 is 6.09 Å². The number of pyridine rings is 1. The summed E-state index contributed by atoms with van der Waals surface area (Å²) in [6.07, 6.45) is 8.13. The van der Waals surface area contributed by atoms with Gasteiger partial charge in [-0.1, -0.05) is 0 Å². The number of amides is 1. The summed E-state index contributed by atoms with van der Waals surface area (Å²) in [5, 5.41) is 11.6. The highest BCUT2D eigenvalue weighted by Crippen LogP contribution is 2.65. The summed E-state index contributed by atoms with van der Waals surface area (Å²) in [6.45, 7) is 5.57. The van der Waals surface area contributed by atoms with Crippen molar-refractivity contribution in [2.45, 2.75) is 57.2 Å². The minimum atomic E-state index is -0.313. The zero-order chi connectivity index (χ0) is 19.8. The third-order valence-electron chi connectivity index (χ3n) is 7.17. The van der Waals surface area contributed by atoms with E-state index in [2.05, 4.69) is 27.4 Å². The van der Waals surface area contributed by atoms with E-state index in [1.807, 2.05) is 11.8 Å². The Morgan fingerprint density at radius 1 is 1.31 bits per heavy atom. The number of ether oxygens (including phenoxy) is 2. The molecule has 2 aromatic rings. The van der Waals surface area contributed by atoms with Crippen LogP contribution >= 0.6 is 0 Å². The molecule has 4 heterocycles. The van der Waals surface area contributed by atoms with Crippen molar-refractivity contribution in [1.82, 2.24) is 30.1 Å². The fourth-order valence-electron chi connectivity index (χ4n) is 5.14. The van der Waals surface area contributed by atoms with Gasteiger partial charge in [0.25, 0.3) is 0 Å². The Hall–Kier alpha value is -2.71. The molecule has 29 heavy (non-hydrogen) atoms. The highest BCUT2D eigenvalue weighted by Gasteiger charge is 2.66. The average Bonchev–Trinajstić information content (AvgIpc) is 3.53. The Morgan fingerprint density at radius 2 is 2.10 bits per heavy atom. The third-order valence-corrected chi connectivity index (χ3v) is 7.17. The van der Waals surface area contributed by atoms with E-state index >= 15 is 0 Å². The molecule has 2 aliphatic carbocycles. The Labute approximate surface area is 168 Å². The maximum atomic E-state index is 12.4. The van der Waals surface area contributed by atoms with Crippen LogP contribution in [-0.2, 0) is 10.3 Å². The summed E-state index contributed by atoms with van der Waals surface area (Å²) in [7, 11) is 0. The van der Waals surface area contributed by atoms with E-state index in [-0.39, 0.29) is 17.3 Å². The molecule has 2 atom stereocenters. The molecule has 9 nitrogen and oxygen atoms in total. The smallest absolute Gasteiger partial charge is 0.410 e. The first-order valence-corrected chi connectivity index (χ1v) is 10.4. The lowest BCUT2D eigenvalue weighted by atomic mass is 9.88. The van der Waals surface area contributed by atoms with Crippen LogP contribution in [0, 0.1) is 18.8 Å². The van der Waals surface area contributed by atoms with Gasteiger partial charge in [-0.25, -0.2) is 9.78 Å². The van der Waals surface area contributed by atoms with Gasteiger partial charge in [0.1, 0.15) is 17.5 Å². The van der Waals surface area contributed by atoms with Crippen molar-refractivity contribution in [3.05, 3.63) is 23.7 Å². The van der Waals surface area contributed by atoms with Crippen LogP contribution < -0.4 is 4.74 Å². The Morgan fingerprint density at radius 3 is 2.79 bits per heavy atom. The molecule has 9 heteroatoms. The fraction of sp³-hybridized carbons (Fsp3) is 0.650. The van der Waals surface area contributed by atoms with E-state index in [0.29, 0.717) is 11.8 Å². The number of hydrogen-bond donors (Lipinski definition) is 0. The van der Waals surface area contributed by atoms with Crippen LogP contribution in [0.1, 0.15) is 50.2 Å². The van der Waals surface area contributed by atoms with E-state index in [9.17, 15) is 4.79 Å². The molecular formula is C20H24N6O3. The molecule has 2 aromatic heterocycles. The van der Waals surface area contributed by atoms with Gasteiger partial charge in [-0.2, -0.15) is 4.68 Å². The zero-order valence-electron chi connectivity index (χ0n) is 16.7. The highest BCUT2D eigenvalue weighted by molar-refractivity contribution is 5.68. The first-order valence-electron chi connectivity index (χ1n) is 10.4. The third kappa shape index (κ3) is 2.55. The SMILES string of the molecule is Cc1c2ncc(-n3cnnn3)c1[C@@]1(C[C@@H]1C1CCN(C(=O)OC3(C)CC3)CC1)O2. The van der Waals surface area contributed by atoms with E-state index < -0.39 is 0 Å². The number of piperidine rings is 1. The molecule has 0 unspecified atom stereocenters. The maximum Gasteiger partial charge on any atom is 0.410 e. The lowest BCUT2D eigenvalue weighted by Gasteiger charge is -2.33. The molecule has 4 aliphatic rings. The normalized spacial score (nSPS) is 29.0. The number of hydrogen-bond acceptors (Lipinski definition) is 7. The van der Waals surface area contributed by atoms with E-state index in [0.717, 1.165) is 62.3 Å². The summed E-state index contributed by atoms with van der Waals surface area (Å²) in [5.74, 6) is 1.67. The summed E-state index contributed by atoms with van der Waals surface area (Å²) in [4.78, 5) is 18.7. The maximum absolute atomic E-state index is 12.4. The van der Waals surface area contributed by atoms with Gasteiger partial charge in [0.05, 0.1) is 11.9 Å². The van der Waals surface area contributed by atoms with Gasteiger partial charge in [0.2, 0.25) is 5.88 Å². The number of carbonyl (C=O) groups excluding carboxylic acids is 1. The highest BCUT2D eigenvalue weighted by atomic mass is 16.6. The summed E-state index contributed by atoms with van der Waals surface area (Å²) >= 11 is 0. The molecule has 1 saturated heterocycles. The minimum Gasteiger partial charge on any atom is -0.466 e. The van der Waals surface area contributed by atoms with E-state index in [4.69, 9.17) is 9.47 Å². The van der Waals surface area contributed by atoms with Crippen molar-refractivity contribution in [3.8, 4) is 11.6 Å². The fourth-order valence-corrected chi connectivity index (χ4v) is 5.14. The molecule has 152 valence electrons. The molecule has 2 bridgehead atoms. The summed E-state index contributed by atoms with van der Waals surface area (Å²) in [5.41, 5.74) is 2.62. The second-order valence-electron chi connectivity index (χ2n) is 9.15. The number of nitrogens with zero attached hydrogens (tertiary/aromatic N) is 6. The van der Waals surface area contributed by atoms with Crippen LogP contribution in [0.4, 0.5) is 4.79 Å². The summed E-state index contributed by atoms with van der Waals surface area (Å²) < 4.78 is 13.7. The summed E-state index contributed by atoms with van der Waals surface area (Å²) in [6, 6.07) is 0. The molecule has 3 fully saturated rings. The van der Waals surface area contributed by atoms with Crippen LogP contribution in [0.15, 0.2) is 12.5 Å². The van der Waals surface area contributed by atoms with Crippen LogP contribution in [0.3, 0.4) is 0 Å². The molecule has 2 aliphatic heterocycles. The zero-order valence-corrected chi connectivity index (χ0v) is 16.7. The van der Waals surface area contributed by atoms with Gasteiger partial charge in [0.15, 0.2) is 0 Å². The molecule has 0 radical (unpaired) electrons. The molecule has 1 amide bonds. The standard InChI is InChI=1S/C20H24N6O3/c1-12-16-15(26-11-22-23-24-26)10-21-17(12)28-20(16)9-14(20)13-3-7-25(8-4-13)18(27)29-19(2)5-6-19/h10-11,13-14H,3-9H2,1-2H3/t14-,20+/m1/s1. The van der Waals surface area contributed by atoms with Crippen molar-refractivity contribution in [3.63, 3.8) is 0 Å². The van der Waals surface area contributed by atoms with Gasteiger partial charge in [-0.3, -0.25) is 0 Å². The predicted octanol–water partition coefficient (Wildman–Crippen LogP) is 2.37. The van der Waals surface area contributed by atoms with Crippen LogP contribution in [0.2, 0.25) is 0 Å². The van der Waals surface area contributed by atoms with Crippen molar-refractivity contribution in [2.24, 2.45) is 11.8 Å². The second-order valence-corrected chi connectivity index (χ2v) is 9.15. The van der Waals surface area contributed by atoms with Gasteiger partial charge in [0, 0.05) is 30.1 Å². The van der Waals surface area contributed by atoms with E-state index in [1.54, 1.807) is 17.2 Å². The Bertz CT molecular complexity index is 980. The molecule has 0 N–H and O–H groups in total. The van der Waals surface area contributed by atoms with Crippen molar-refractivity contribution in [2.75, 3.05) is 13.1 Å². The number of aromatic nitrogens is 5. The molecule has 2 saturated carbocycles. The van der Waals surface area contributed by atoms with Crippen LogP contribution in [-0.4, -0.2) is 54.9 Å². The van der Waals surface area contributed by atoms with Gasteiger partial charge in [-0.05, 0) is 62.3 Å². The Kier molecular flexibility index (Phi) is 3.36. The lowest BCUT2D eigenvalue weighted by molar-refractivity contribution is 0.0449. The number of likely N-dealkylation sites (tertiary alicyclic amines) is 1. The lowest BCUT2D eigenvalue weighted by Crippen LogP contribution is -2.41. The van der Waals surface area contributed by atoms with Gasteiger partial charge >= 0.3 is 6.09 Å². The number of tetrazole rings is 1. The predicted molar refractivity (Wildman–Crippen MR) is 101 cm³/mol. The quantitative estimate of drug-likeness (QED) is 0.786. The van der Waals surface area contributed by atoms with Gasteiger partial charge < -0.3 is 14.4 Å². The number of fused-ring (bicyclic) bond motifs is 3. The topological polar surface area (TPSA) is 95.3 Å². The molecule has 6 rings (SSSR count). The van der Waals surface area contributed by atoms with Crippen LogP contribution in [0.5, 0.6) is 5.88 Å². The largest absolute Gasteiger partial charge is 0.466 e. The van der Waals surface area contributed by atoms with Crippen LogP contribution in [0.25, 0.3) is 5.69 Å². The minimum absolute atomic E-state index is 0.154. The molecule has 1 spiro atoms. The van der Waals surface area contributed by atoms with E-state index in [1.165, 1.54) is 5.56 Å². The molecule has 0 aromatic carbocycles. The number of rotatable bonds is 3. The first kappa shape index (κ1) is 17.2. The second kappa shape index (κ2) is 5.67. The molecular weight excluding hydrogens is 372 g/mol. The first-order chi connectivity index (χ1) is 14.0. The van der Waals surface area contributed by atoms with Crippen molar-refractivity contribution < 1.29 is 14.3 Å².